The Balaban J connectivity index is 2.00. The monoisotopic (exact) mass is 293 g/mol. The molecular weight excluding hydrogens is 276 g/mol. The van der Waals surface area contributed by atoms with Crippen molar-refractivity contribution in [1.82, 2.24) is 15.2 Å². The van der Waals surface area contributed by atoms with Gasteiger partial charge in [0.1, 0.15) is 11.6 Å². The molecule has 0 aliphatic rings. The van der Waals surface area contributed by atoms with E-state index in [0.717, 1.165) is 37.9 Å². The minimum absolute atomic E-state index is 0.0985. The van der Waals surface area contributed by atoms with Gasteiger partial charge in [-0.15, -0.1) is 5.10 Å². The molecule has 2 N–H and O–H groups in total. The van der Waals surface area contributed by atoms with Crippen molar-refractivity contribution >= 4 is 17.5 Å². The molecule has 21 heavy (non-hydrogen) atoms. The second-order valence-electron chi connectivity index (χ2n) is 4.55. The fourth-order valence-electron chi connectivity index (χ4n) is 1.74. The first-order valence-corrected chi connectivity index (χ1v) is 6.84. The summed E-state index contributed by atoms with van der Waals surface area (Å²) in [5, 5.41) is 13.4. The summed E-state index contributed by atoms with van der Waals surface area (Å²) in [6.07, 6.45) is 4.81. The molecule has 1 heterocycles. The Morgan fingerprint density at radius 3 is 2.81 bits per heavy atom. The van der Waals surface area contributed by atoms with Crippen LogP contribution in [-0.4, -0.2) is 21.7 Å². The molecule has 2 rings (SSSR count). The number of halogens is 2. The minimum Gasteiger partial charge on any atom is -0.369 e. The molecule has 0 saturated heterocycles. The van der Waals surface area contributed by atoms with Crippen LogP contribution in [0.1, 0.15) is 26.2 Å². The molecule has 0 bridgehead atoms. The first kappa shape index (κ1) is 15.1. The highest BCUT2D eigenvalue weighted by atomic mass is 19.1. The molecule has 0 amide bonds. The van der Waals surface area contributed by atoms with E-state index in [4.69, 9.17) is 0 Å². The Bertz CT molecular complexity index is 591. The quantitative estimate of drug-likeness (QED) is 0.765. The molecule has 1 aromatic carbocycles. The molecule has 0 aliphatic carbocycles. The normalized spacial score (nSPS) is 10.4. The van der Waals surface area contributed by atoms with Gasteiger partial charge < -0.3 is 10.6 Å². The molecule has 2 aromatic rings. The van der Waals surface area contributed by atoms with Crippen molar-refractivity contribution < 1.29 is 8.78 Å². The summed E-state index contributed by atoms with van der Waals surface area (Å²) >= 11 is 0. The smallest absolute Gasteiger partial charge is 0.249 e. The van der Waals surface area contributed by atoms with Crippen molar-refractivity contribution in [2.24, 2.45) is 0 Å². The number of nitrogens with zero attached hydrogens (tertiary/aromatic N) is 3. The minimum atomic E-state index is -0.708. The predicted molar refractivity (Wildman–Crippen MR) is 77.5 cm³/mol. The maximum atomic E-state index is 13.5. The molecule has 0 spiro atoms. The Morgan fingerprint density at radius 2 is 2.05 bits per heavy atom. The lowest BCUT2D eigenvalue weighted by Gasteiger charge is -2.08. The molecule has 5 nitrogen and oxygen atoms in total. The van der Waals surface area contributed by atoms with E-state index in [2.05, 4.69) is 32.7 Å². The summed E-state index contributed by atoms with van der Waals surface area (Å²) in [5.74, 6) is -0.629. The van der Waals surface area contributed by atoms with E-state index in [0.29, 0.717) is 5.82 Å². The molecule has 112 valence electrons. The Morgan fingerprint density at radius 1 is 1.19 bits per heavy atom. The molecule has 7 heteroatoms. The number of unbranched alkanes of at least 4 members (excludes halogenated alkanes) is 2. The molecule has 0 saturated carbocycles. The second-order valence-corrected chi connectivity index (χ2v) is 4.55. The van der Waals surface area contributed by atoms with Crippen LogP contribution in [0.25, 0.3) is 0 Å². The third-order valence-corrected chi connectivity index (χ3v) is 2.82. The van der Waals surface area contributed by atoms with Gasteiger partial charge in [-0.1, -0.05) is 19.8 Å². The Kier molecular flexibility index (Phi) is 5.36. The number of anilines is 3. The predicted octanol–water partition coefficient (Wildman–Crippen LogP) is 3.50. The summed E-state index contributed by atoms with van der Waals surface area (Å²) in [5.41, 5.74) is 0.0985. The molecule has 0 aliphatic heterocycles. The third-order valence-electron chi connectivity index (χ3n) is 2.82. The Labute approximate surface area is 121 Å². The van der Waals surface area contributed by atoms with E-state index >= 15 is 0 Å². The van der Waals surface area contributed by atoms with Gasteiger partial charge in [-0.2, -0.15) is 10.1 Å². The van der Waals surface area contributed by atoms with Gasteiger partial charge >= 0.3 is 0 Å². The van der Waals surface area contributed by atoms with E-state index in [-0.39, 0.29) is 11.6 Å². The highest BCUT2D eigenvalue weighted by Crippen LogP contribution is 2.18. The molecule has 0 radical (unpaired) electrons. The van der Waals surface area contributed by atoms with Crippen LogP contribution in [0.3, 0.4) is 0 Å². The topological polar surface area (TPSA) is 62.7 Å². The van der Waals surface area contributed by atoms with Gasteiger partial charge in [0.05, 0.1) is 11.9 Å². The van der Waals surface area contributed by atoms with E-state index in [1.165, 1.54) is 12.3 Å². The number of rotatable bonds is 7. The van der Waals surface area contributed by atoms with Crippen molar-refractivity contribution in [3.05, 3.63) is 36.0 Å². The maximum absolute atomic E-state index is 13.5. The van der Waals surface area contributed by atoms with E-state index < -0.39 is 11.6 Å². The van der Waals surface area contributed by atoms with Crippen LogP contribution in [0.5, 0.6) is 0 Å². The van der Waals surface area contributed by atoms with Crippen molar-refractivity contribution in [2.45, 2.75) is 26.2 Å². The van der Waals surface area contributed by atoms with Crippen LogP contribution < -0.4 is 10.6 Å². The average molecular weight is 293 g/mol. The summed E-state index contributed by atoms with van der Waals surface area (Å²) in [4.78, 5) is 4.17. The van der Waals surface area contributed by atoms with Gasteiger partial charge in [0.15, 0.2) is 5.82 Å². The van der Waals surface area contributed by atoms with Crippen LogP contribution in [0.15, 0.2) is 24.4 Å². The summed E-state index contributed by atoms with van der Waals surface area (Å²) in [6, 6.07) is 3.24. The van der Waals surface area contributed by atoms with Crippen LogP contribution in [0.2, 0.25) is 0 Å². The van der Waals surface area contributed by atoms with Gasteiger partial charge in [0.2, 0.25) is 5.95 Å². The van der Waals surface area contributed by atoms with Gasteiger partial charge in [-0.05, 0) is 18.6 Å². The van der Waals surface area contributed by atoms with Gasteiger partial charge in [0, 0.05) is 12.6 Å². The molecular formula is C14H17F2N5. The molecule has 0 atom stereocenters. The second kappa shape index (κ2) is 7.47. The zero-order valence-corrected chi connectivity index (χ0v) is 11.7. The van der Waals surface area contributed by atoms with E-state index in [1.807, 2.05) is 0 Å². The number of aromatic nitrogens is 3. The van der Waals surface area contributed by atoms with Crippen molar-refractivity contribution in [2.75, 3.05) is 17.2 Å². The zero-order chi connectivity index (χ0) is 15.1. The van der Waals surface area contributed by atoms with Gasteiger partial charge in [-0.25, -0.2) is 8.78 Å². The lowest BCUT2D eigenvalue weighted by molar-refractivity contribution is 0.586. The van der Waals surface area contributed by atoms with Crippen LogP contribution in [0, 0.1) is 11.6 Å². The third kappa shape index (κ3) is 4.62. The summed E-state index contributed by atoms with van der Waals surface area (Å²) in [7, 11) is 0. The molecule has 0 fully saturated rings. The molecule has 0 unspecified atom stereocenters. The van der Waals surface area contributed by atoms with Crippen LogP contribution >= 0.6 is 0 Å². The van der Waals surface area contributed by atoms with E-state index in [9.17, 15) is 8.78 Å². The summed E-state index contributed by atoms with van der Waals surface area (Å²) < 4.78 is 26.4. The number of hydrogen-bond donors (Lipinski definition) is 2. The fraction of sp³-hybridized carbons (Fsp3) is 0.357. The van der Waals surface area contributed by atoms with Crippen LogP contribution in [0.4, 0.5) is 26.2 Å². The number of nitrogens with one attached hydrogen (secondary N) is 2. The zero-order valence-electron chi connectivity index (χ0n) is 11.7. The van der Waals surface area contributed by atoms with Crippen molar-refractivity contribution in [3.8, 4) is 0 Å². The average Bonchev–Trinajstić information content (AvgIpc) is 2.47. The van der Waals surface area contributed by atoms with Gasteiger partial charge in [-0.3, -0.25) is 0 Å². The number of hydrogen-bond acceptors (Lipinski definition) is 5. The highest BCUT2D eigenvalue weighted by molar-refractivity contribution is 5.54. The van der Waals surface area contributed by atoms with Gasteiger partial charge in [0.25, 0.3) is 0 Å². The highest BCUT2D eigenvalue weighted by Gasteiger charge is 2.06. The lowest BCUT2D eigenvalue weighted by atomic mass is 10.2. The first-order chi connectivity index (χ1) is 10.2. The van der Waals surface area contributed by atoms with Crippen LogP contribution in [-0.2, 0) is 0 Å². The lowest BCUT2D eigenvalue weighted by Crippen LogP contribution is -2.07. The van der Waals surface area contributed by atoms with Crippen molar-refractivity contribution in [3.63, 3.8) is 0 Å². The number of benzene rings is 1. The van der Waals surface area contributed by atoms with Crippen molar-refractivity contribution in [1.29, 1.82) is 0 Å². The SMILES string of the molecule is CCCCCNc1cnnc(Nc2ccc(F)cc2F)n1. The fourth-order valence-corrected chi connectivity index (χ4v) is 1.74. The Hall–Kier alpha value is -2.31. The standard InChI is InChI=1S/C14H17F2N5/c1-2-3-4-7-17-13-9-18-21-14(20-13)19-12-6-5-10(15)8-11(12)16/h5-6,8-9H,2-4,7H2,1H3,(H2,17,19,20,21). The summed E-state index contributed by atoms with van der Waals surface area (Å²) in [6.45, 7) is 2.92. The maximum Gasteiger partial charge on any atom is 0.249 e. The largest absolute Gasteiger partial charge is 0.369 e. The van der Waals surface area contributed by atoms with E-state index in [1.54, 1.807) is 0 Å². The first-order valence-electron chi connectivity index (χ1n) is 6.84. The molecule has 1 aromatic heterocycles.